The number of carboxylic acid groups (broad SMARTS) is 1. The summed E-state index contributed by atoms with van der Waals surface area (Å²) in [5, 5.41) is 8.93. The molecule has 2 aromatic carbocycles. The van der Waals surface area contributed by atoms with Crippen LogP contribution < -0.4 is 9.47 Å². The van der Waals surface area contributed by atoms with E-state index >= 15 is 0 Å². The third-order valence-electron chi connectivity index (χ3n) is 3.42. The summed E-state index contributed by atoms with van der Waals surface area (Å²) in [7, 11) is 0. The van der Waals surface area contributed by atoms with Crippen molar-refractivity contribution in [2.24, 2.45) is 0 Å². The van der Waals surface area contributed by atoms with Crippen LogP contribution in [-0.4, -0.2) is 24.3 Å². The van der Waals surface area contributed by atoms with Crippen LogP contribution in [0.25, 0.3) is 0 Å². The quantitative estimate of drug-likeness (QED) is 0.814. The summed E-state index contributed by atoms with van der Waals surface area (Å²) < 4.78 is 11.1. The molecule has 122 valence electrons. The molecule has 0 aliphatic rings. The van der Waals surface area contributed by atoms with Crippen LogP contribution in [0.2, 0.25) is 0 Å². The third-order valence-corrected chi connectivity index (χ3v) is 3.42. The highest BCUT2D eigenvalue weighted by Gasteiger charge is 2.12. The number of carboxylic acids is 1. The van der Waals surface area contributed by atoms with Crippen molar-refractivity contribution < 1.29 is 19.4 Å². The van der Waals surface area contributed by atoms with E-state index in [1.807, 2.05) is 12.1 Å². The summed E-state index contributed by atoms with van der Waals surface area (Å²) in [5.41, 5.74) is 1.59. The van der Waals surface area contributed by atoms with E-state index in [0.29, 0.717) is 19.0 Å². The maximum Gasteiger partial charge on any atom is 0.335 e. The third kappa shape index (κ3) is 5.02. The first kappa shape index (κ1) is 16.9. The standard InChI is InChI=1S/C19H22O4/c1-19(2,3)15-7-9-16(10-8-15)22-11-12-23-17-6-4-5-14(13-17)18(20)21/h4-10,13H,11-12H2,1-3H3,(H,20,21). The van der Waals surface area contributed by atoms with Crippen LogP contribution in [0.3, 0.4) is 0 Å². The Bertz CT molecular complexity index is 654. The Balaban J connectivity index is 1.81. The maximum atomic E-state index is 10.9. The molecule has 2 aromatic rings. The largest absolute Gasteiger partial charge is 0.490 e. The highest BCUT2D eigenvalue weighted by molar-refractivity contribution is 5.87. The Labute approximate surface area is 136 Å². The van der Waals surface area contributed by atoms with Gasteiger partial charge < -0.3 is 14.6 Å². The monoisotopic (exact) mass is 314 g/mol. The molecule has 0 saturated carbocycles. The van der Waals surface area contributed by atoms with Gasteiger partial charge in [0.05, 0.1) is 5.56 Å². The van der Waals surface area contributed by atoms with Crippen LogP contribution in [0.4, 0.5) is 0 Å². The lowest BCUT2D eigenvalue weighted by molar-refractivity contribution is 0.0696. The van der Waals surface area contributed by atoms with Gasteiger partial charge in [0.15, 0.2) is 0 Å². The van der Waals surface area contributed by atoms with Crippen molar-refractivity contribution in [1.82, 2.24) is 0 Å². The second kappa shape index (κ2) is 7.18. The van der Waals surface area contributed by atoms with Crippen molar-refractivity contribution in [3.05, 3.63) is 59.7 Å². The zero-order valence-electron chi connectivity index (χ0n) is 13.7. The van der Waals surface area contributed by atoms with Gasteiger partial charge in [0.25, 0.3) is 0 Å². The Morgan fingerprint density at radius 1 is 0.957 bits per heavy atom. The molecule has 4 nitrogen and oxygen atoms in total. The average molecular weight is 314 g/mol. The minimum Gasteiger partial charge on any atom is -0.490 e. The van der Waals surface area contributed by atoms with E-state index in [2.05, 4.69) is 32.9 Å². The molecule has 0 aromatic heterocycles. The van der Waals surface area contributed by atoms with Gasteiger partial charge in [-0.1, -0.05) is 39.0 Å². The lowest BCUT2D eigenvalue weighted by Crippen LogP contribution is -2.11. The predicted octanol–water partition coefficient (Wildman–Crippen LogP) is 4.14. The molecule has 0 unspecified atom stereocenters. The van der Waals surface area contributed by atoms with Crippen molar-refractivity contribution in [3.63, 3.8) is 0 Å². The molecule has 0 atom stereocenters. The maximum absolute atomic E-state index is 10.9. The van der Waals surface area contributed by atoms with Crippen molar-refractivity contribution >= 4 is 5.97 Å². The Morgan fingerprint density at radius 3 is 2.13 bits per heavy atom. The summed E-state index contributed by atoms with van der Waals surface area (Å²) in [6.07, 6.45) is 0. The molecular formula is C19H22O4. The van der Waals surface area contributed by atoms with Gasteiger partial charge in [0, 0.05) is 0 Å². The van der Waals surface area contributed by atoms with Gasteiger partial charge in [0.2, 0.25) is 0 Å². The number of benzene rings is 2. The Kier molecular flexibility index (Phi) is 5.27. The number of hydrogen-bond donors (Lipinski definition) is 1. The molecule has 0 aliphatic carbocycles. The molecule has 1 N–H and O–H groups in total. The second-order valence-electron chi connectivity index (χ2n) is 6.30. The van der Waals surface area contributed by atoms with Crippen LogP contribution >= 0.6 is 0 Å². The zero-order valence-corrected chi connectivity index (χ0v) is 13.7. The lowest BCUT2D eigenvalue weighted by atomic mass is 9.87. The summed E-state index contributed by atoms with van der Waals surface area (Å²) in [6.45, 7) is 7.25. The highest BCUT2D eigenvalue weighted by Crippen LogP contribution is 2.24. The summed E-state index contributed by atoms with van der Waals surface area (Å²) in [4.78, 5) is 10.9. The molecule has 4 heteroatoms. The van der Waals surface area contributed by atoms with Crippen molar-refractivity contribution in [2.45, 2.75) is 26.2 Å². The second-order valence-corrected chi connectivity index (χ2v) is 6.30. The van der Waals surface area contributed by atoms with E-state index in [9.17, 15) is 4.79 Å². The normalized spacial score (nSPS) is 11.1. The van der Waals surface area contributed by atoms with Gasteiger partial charge in [0.1, 0.15) is 24.7 Å². The number of carbonyl (C=O) groups is 1. The Hall–Kier alpha value is -2.49. The molecular weight excluding hydrogens is 292 g/mol. The van der Waals surface area contributed by atoms with Crippen LogP contribution in [0, 0.1) is 0 Å². The van der Waals surface area contributed by atoms with E-state index < -0.39 is 5.97 Å². The molecule has 0 radical (unpaired) electrons. The van der Waals surface area contributed by atoms with Gasteiger partial charge in [-0.2, -0.15) is 0 Å². The molecule has 0 saturated heterocycles. The summed E-state index contributed by atoms with van der Waals surface area (Å²) >= 11 is 0. The molecule has 2 rings (SSSR count). The Morgan fingerprint density at radius 2 is 1.57 bits per heavy atom. The first-order valence-electron chi connectivity index (χ1n) is 7.56. The molecule has 0 aliphatic heterocycles. The average Bonchev–Trinajstić information content (AvgIpc) is 2.51. The number of aromatic carboxylic acids is 1. The predicted molar refractivity (Wildman–Crippen MR) is 89.5 cm³/mol. The van der Waals surface area contributed by atoms with E-state index in [4.69, 9.17) is 14.6 Å². The smallest absolute Gasteiger partial charge is 0.335 e. The molecule has 0 spiro atoms. The molecule has 0 amide bonds. The fourth-order valence-corrected chi connectivity index (χ4v) is 2.09. The van der Waals surface area contributed by atoms with Gasteiger partial charge in [-0.05, 0) is 41.3 Å². The van der Waals surface area contributed by atoms with Crippen molar-refractivity contribution in [1.29, 1.82) is 0 Å². The summed E-state index contributed by atoms with van der Waals surface area (Å²) in [5.74, 6) is 0.350. The zero-order chi connectivity index (χ0) is 16.9. The van der Waals surface area contributed by atoms with E-state index in [-0.39, 0.29) is 11.0 Å². The van der Waals surface area contributed by atoms with Crippen LogP contribution in [0.1, 0.15) is 36.7 Å². The van der Waals surface area contributed by atoms with Crippen molar-refractivity contribution in [3.8, 4) is 11.5 Å². The minimum atomic E-state index is -0.967. The molecule has 23 heavy (non-hydrogen) atoms. The number of ether oxygens (including phenoxy) is 2. The first-order valence-corrected chi connectivity index (χ1v) is 7.56. The van der Waals surface area contributed by atoms with E-state index in [1.54, 1.807) is 12.1 Å². The molecule has 0 bridgehead atoms. The fraction of sp³-hybridized carbons (Fsp3) is 0.316. The van der Waals surface area contributed by atoms with Crippen molar-refractivity contribution in [2.75, 3.05) is 13.2 Å². The molecule has 0 fully saturated rings. The first-order chi connectivity index (χ1) is 10.9. The van der Waals surface area contributed by atoms with E-state index in [0.717, 1.165) is 5.75 Å². The number of hydrogen-bond acceptors (Lipinski definition) is 3. The van der Waals surface area contributed by atoms with Crippen LogP contribution in [-0.2, 0) is 5.41 Å². The van der Waals surface area contributed by atoms with Crippen LogP contribution in [0.5, 0.6) is 11.5 Å². The number of rotatable bonds is 6. The summed E-state index contributed by atoms with van der Waals surface area (Å²) in [6, 6.07) is 14.4. The van der Waals surface area contributed by atoms with Crippen LogP contribution in [0.15, 0.2) is 48.5 Å². The lowest BCUT2D eigenvalue weighted by Gasteiger charge is -2.19. The van der Waals surface area contributed by atoms with Gasteiger partial charge in [-0.3, -0.25) is 0 Å². The SMILES string of the molecule is CC(C)(C)c1ccc(OCCOc2cccc(C(=O)O)c2)cc1. The fourth-order valence-electron chi connectivity index (χ4n) is 2.09. The van der Waals surface area contributed by atoms with Gasteiger partial charge in [-0.15, -0.1) is 0 Å². The minimum absolute atomic E-state index is 0.122. The molecule has 0 heterocycles. The topological polar surface area (TPSA) is 55.8 Å². The van der Waals surface area contributed by atoms with E-state index in [1.165, 1.54) is 17.7 Å². The van der Waals surface area contributed by atoms with Gasteiger partial charge in [-0.25, -0.2) is 4.79 Å². The highest BCUT2D eigenvalue weighted by atomic mass is 16.5. The van der Waals surface area contributed by atoms with Gasteiger partial charge >= 0.3 is 5.97 Å².